The first-order chi connectivity index (χ1) is 21.3. The Morgan fingerprint density at radius 3 is 2.29 bits per heavy atom. The molecule has 1 aliphatic rings. The molecule has 8 nitrogen and oxygen atoms in total. The summed E-state index contributed by atoms with van der Waals surface area (Å²) in [6.45, 7) is 5.67. The van der Waals surface area contributed by atoms with Crippen LogP contribution in [0.1, 0.15) is 27.0 Å². The molecule has 0 saturated carbocycles. The minimum absolute atomic E-state index is 0.0985. The second kappa shape index (κ2) is 13.1. The lowest BCUT2D eigenvalue weighted by molar-refractivity contribution is -0.274. The number of carbonyl (C=O) groups is 1. The molecule has 0 spiro atoms. The fourth-order valence-electron chi connectivity index (χ4n) is 4.63. The summed E-state index contributed by atoms with van der Waals surface area (Å²) >= 11 is 0. The Morgan fingerprint density at radius 1 is 0.956 bits per heavy atom. The Balaban J connectivity index is 1.29. The number of carbonyl (C=O) groups excluding carboxylic acids is 1. The van der Waals surface area contributed by atoms with Crippen molar-refractivity contribution in [2.24, 2.45) is 0 Å². The van der Waals surface area contributed by atoms with Crippen LogP contribution in [0.4, 0.5) is 43.7 Å². The summed E-state index contributed by atoms with van der Waals surface area (Å²) in [4.78, 5) is 23.0. The summed E-state index contributed by atoms with van der Waals surface area (Å²) in [6.07, 6.45) is -9.19. The molecule has 2 heterocycles. The molecule has 4 aromatic rings. The molecule has 1 amide bonds. The minimum Gasteiger partial charge on any atom is -0.406 e. The largest absolute Gasteiger partial charge is 0.573 e. The van der Waals surface area contributed by atoms with Gasteiger partial charge in [-0.1, -0.05) is 12.1 Å². The van der Waals surface area contributed by atoms with Gasteiger partial charge in [-0.25, -0.2) is 9.97 Å². The summed E-state index contributed by atoms with van der Waals surface area (Å²) < 4.78 is 87.8. The van der Waals surface area contributed by atoms with E-state index in [0.717, 1.165) is 55.0 Å². The smallest absolute Gasteiger partial charge is 0.406 e. The number of ether oxygens (including phenoxy) is 2. The number of rotatable bonds is 8. The topological polar surface area (TPSA) is 88.6 Å². The number of halogens is 6. The first-order valence-electron chi connectivity index (χ1n) is 13.7. The SMILES string of the molecule is Cc1ccc(CN2CCOCC2)cc1NC(=O)c1ccc(Nc2ncc(C(F)(F)F)c(-c3ccc(OC(F)(F)F)cc3)n2)cc1. The van der Waals surface area contributed by atoms with Crippen LogP contribution in [0.5, 0.6) is 5.75 Å². The molecule has 0 bridgehead atoms. The number of benzene rings is 3. The highest BCUT2D eigenvalue weighted by Crippen LogP contribution is 2.37. The van der Waals surface area contributed by atoms with Gasteiger partial charge in [-0.3, -0.25) is 9.69 Å². The summed E-state index contributed by atoms with van der Waals surface area (Å²) in [7, 11) is 0. The van der Waals surface area contributed by atoms with Crippen LogP contribution in [-0.2, 0) is 17.5 Å². The third-order valence-corrected chi connectivity index (χ3v) is 6.92. The third-order valence-electron chi connectivity index (χ3n) is 6.92. The Kier molecular flexibility index (Phi) is 9.25. The van der Waals surface area contributed by atoms with Gasteiger partial charge in [0.05, 0.1) is 18.9 Å². The van der Waals surface area contributed by atoms with Crippen LogP contribution in [-0.4, -0.2) is 53.4 Å². The standard InChI is InChI=1S/C31H27F6N5O3/c1-19-2-3-20(18-42-12-14-44-15-13-42)16-26(19)40-28(43)22-4-8-23(9-5-22)39-29-38-17-25(30(32,33)34)27(41-29)21-6-10-24(11-7-21)45-31(35,36)37/h2-11,16-17H,12-15,18H2,1H3,(H,40,43)(H,38,39,41). The van der Waals surface area contributed by atoms with Gasteiger partial charge < -0.3 is 20.1 Å². The first kappa shape index (κ1) is 31.7. The summed E-state index contributed by atoms with van der Waals surface area (Å²) in [5, 5.41) is 5.73. The zero-order valence-electron chi connectivity index (χ0n) is 23.8. The molecule has 1 aromatic heterocycles. The average Bonchev–Trinajstić information content (AvgIpc) is 2.99. The number of hydrogen-bond acceptors (Lipinski definition) is 7. The molecule has 0 radical (unpaired) electrons. The molecular weight excluding hydrogens is 604 g/mol. The number of alkyl halides is 6. The lowest BCUT2D eigenvalue weighted by Crippen LogP contribution is -2.35. The van der Waals surface area contributed by atoms with E-state index < -0.39 is 29.5 Å². The summed E-state index contributed by atoms with van der Waals surface area (Å²) in [5.41, 5.74) is 1.54. The van der Waals surface area contributed by atoms with E-state index in [4.69, 9.17) is 4.74 Å². The normalized spacial score (nSPS) is 14.2. The molecule has 1 aliphatic heterocycles. The lowest BCUT2D eigenvalue weighted by atomic mass is 10.1. The highest BCUT2D eigenvalue weighted by atomic mass is 19.4. The first-order valence-corrected chi connectivity index (χ1v) is 13.7. The predicted octanol–water partition coefficient (Wildman–Crippen LogP) is 7.20. The van der Waals surface area contributed by atoms with Crippen molar-refractivity contribution < 1.29 is 40.6 Å². The van der Waals surface area contributed by atoms with Crippen molar-refractivity contribution in [3.05, 3.63) is 95.2 Å². The highest BCUT2D eigenvalue weighted by molar-refractivity contribution is 6.04. The Bertz CT molecular complexity index is 1640. The summed E-state index contributed by atoms with van der Waals surface area (Å²) in [6, 6.07) is 15.9. The van der Waals surface area contributed by atoms with Crippen LogP contribution in [0.3, 0.4) is 0 Å². The number of anilines is 3. The van der Waals surface area contributed by atoms with Crippen LogP contribution in [0.15, 0.2) is 72.9 Å². The molecule has 0 atom stereocenters. The second-order valence-electron chi connectivity index (χ2n) is 10.2. The van der Waals surface area contributed by atoms with Crippen LogP contribution in [0.25, 0.3) is 11.3 Å². The van der Waals surface area contributed by atoms with Crippen molar-refractivity contribution in [2.45, 2.75) is 26.0 Å². The maximum Gasteiger partial charge on any atom is 0.573 e. The number of aryl methyl sites for hydroxylation is 1. The third kappa shape index (κ3) is 8.48. The van der Waals surface area contributed by atoms with Gasteiger partial charge in [0.15, 0.2) is 0 Å². The zero-order valence-corrected chi connectivity index (χ0v) is 23.8. The van der Waals surface area contributed by atoms with Crippen LogP contribution in [0.2, 0.25) is 0 Å². The molecule has 0 unspecified atom stereocenters. The van der Waals surface area contributed by atoms with E-state index in [2.05, 4.69) is 30.2 Å². The Morgan fingerprint density at radius 2 is 1.64 bits per heavy atom. The van der Waals surface area contributed by atoms with Gasteiger partial charge in [-0.05, 0) is 72.6 Å². The van der Waals surface area contributed by atoms with Crippen LogP contribution in [0, 0.1) is 6.92 Å². The number of nitrogens with zero attached hydrogens (tertiary/aromatic N) is 3. The molecule has 236 valence electrons. The molecule has 45 heavy (non-hydrogen) atoms. The molecule has 3 aromatic carbocycles. The second-order valence-corrected chi connectivity index (χ2v) is 10.2. The fraction of sp³-hybridized carbons (Fsp3) is 0.258. The van der Waals surface area contributed by atoms with Gasteiger partial charge in [0.25, 0.3) is 5.91 Å². The predicted molar refractivity (Wildman–Crippen MR) is 154 cm³/mol. The number of nitrogens with one attached hydrogen (secondary N) is 2. The van der Waals surface area contributed by atoms with Gasteiger partial charge in [-0.2, -0.15) is 13.2 Å². The fourth-order valence-corrected chi connectivity index (χ4v) is 4.63. The maximum atomic E-state index is 13.7. The van der Waals surface area contributed by atoms with Crippen molar-refractivity contribution in [2.75, 3.05) is 36.9 Å². The van der Waals surface area contributed by atoms with Gasteiger partial charge in [0, 0.05) is 48.3 Å². The van der Waals surface area contributed by atoms with Crippen LogP contribution < -0.4 is 15.4 Å². The molecule has 1 fully saturated rings. The molecule has 1 saturated heterocycles. The van der Waals surface area contributed by atoms with E-state index in [1.54, 1.807) is 12.1 Å². The van der Waals surface area contributed by atoms with Gasteiger partial charge in [-0.15, -0.1) is 13.2 Å². The number of aromatic nitrogens is 2. The Labute approximate surface area is 254 Å². The van der Waals surface area contributed by atoms with Crippen molar-refractivity contribution in [1.29, 1.82) is 0 Å². The lowest BCUT2D eigenvalue weighted by Gasteiger charge is -2.26. The van der Waals surface area contributed by atoms with E-state index in [1.807, 2.05) is 25.1 Å². The molecule has 14 heteroatoms. The average molecular weight is 632 g/mol. The van der Waals surface area contributed by atoms with Crippen LogP contribution >= 0.6 is 0 Å². The van der Waals surface area contributed by atoms with E-state index >= 15 is 0 Å². The van der Waals surface area contributed by atoms with Gasteiger partial charge >= 0.3 is 12.5 Å². The minimum atomic E-state index is -4.95. The molecule has 5 rings (SSSR count). The van der Waals surface area contributed by atoms with E-state index in [0.29, 0.717) is 36.3 Å². The molecule has 0 aliphatic carbocycles. The van der Waals surface area contributed by atoms with E-state index in [9.17, 15) is 31.1 Å². The van der Waals surface area contributed by atoms with Crippen molar-refractivity contribution in [1.82, 2.24) is 14.9 Å². The summed E-state index contributed by atoms with van der Waals surface area (Å²) in [5.74, 6) is -1.13. The monoisotopic (exact) mass is 631 g/mol. The zero-order chi connectivity index (χ0) is 32.2. The van der Waals surface area contributed by atoms with Crippen molar-refractivity contribution in [3.63, 3.8) is 0 Å². The van der Waals surface area contributed by atoms with Crippen molar-refractivity contribution in [3.8, 4) is 17.0 Å². The molecule has 2 N–H and O–H groups in total. The highest BCUT2D eigenvalue weighted by Gasteiger charge is 2.36. The molecular formula is C31H27F6N5O3. The van der Waals surface area contributed by atoms with Gasteiger partial charge in [0.1, 0.15) is 11.3 Å². The maximum absolute atomic E-state index is 13.7. The number of hydrogen-bond donors (Lipinski definition) is 2. The van der Waals surface area contributed by atoms with Gasteiger partial charge in [0.2, 0.25) is 5.95 Å². The Hall–Kier alpha value is -4.69. The van der Waals surface area contributed by atoms with E-state index in [1.165, 1.54) is 12.1 Å². The number of morpholine rings is 1. The van der Waals surface area contributed by atoms with Crippen molar-refractivity contribution >= 4 is 23.2 Å². The quantitative estimate of drug-likeness (QED) is 0.199. The van der Waals surface area contributed by atoms with E-state index in [-0.39, 0.29) is 17.4 Å². The number of amides is 1.